The van der Waals surface area contributed by atoms with Gasteiger partial charge in [-0.05, 0) is 51.6 Å². The number of ether oxygens (including phenoxy) is 1. The molecule has 3 heterocycles. The number of H-pyrrole nitrogens is 1. The van der Waals surface area contributed by atoms with Crippen LogP contribution in [-0.4, -0.2) is 48.5 Å². The van der Waals surface area contributed by atoms with E-state index in [1.807, 2.05) is 7.05 Å². The van der Waals surface area contributed by atoms with Gasteiger partial charge in [0, 0.05) is 19.7 Å². The average Bonchev–Trinajstić information content (AvgIpc) is 2.99. The summed E-state index contributed by atoms with van der Waals surface area (Å²) in [5, 5.41) is 10.7. The van der Waals surface area contributed by atoms with Crippen LogP contribution in [0.2, 0.25) is 0 Å². The van der Waals surface area contributed by atoms with Crippen LogP contribution < -0.4 is 10.2 Å². The van der Waals surface area contributed by atoms with Gasteiger partial charge < -0.3 is 15.0 Å². The Balaban J connectivity index is 1.63. The Hall–Kier alpha value is -1.14. The summed E-state index contributed by atoms with van der Waals surface area (Å²) in [4.78, 5) is 6.97. The molecule has 2 aliphatic heterocycles. The summed E-state index contributed by atoms with van der Waals surface area (Å²) in [6, 6.07) is 0. The van der Waals surface area contributed by atoms with E-state index in [0.717, 1.165) is 50.9 Å². The average molecular weight is 279 g/mol. The predicted molar refractivity (Wildman–Crippen MR) is 77.8 cm³/mol. The van der Waals surface area contributed by atoms with E-state index in [2.05, 4.69) is 25.4 Å². The van der Waals surface area contributed by atoms with E-state index in [1.165, 1.54) is 19.3 Å². The molecule has 0 spiro atoms. The quantitative estimate of drug-likeness (QED) is 0.874. The number of aromatic nitrogens is 3. The molecule has 0 amide bonds. The lowest BCUT2D eigenvalue weighted by Crippen LogP contribution is -2.39. The van der Waals surface area contributed by atoms with Crippen molar-refractivity contribution >= 4 is 5.95 Å². The third-order valence-electron chi connectivity index (χ3n) is 4.27. The van der Waals surface area contributed by atoms with E-state index in [1.54, 1.807) is 0 Å². The molecule has 2 aliphatic rings. The SMILES string of the molecule is CNCC1CCCN(c2n[nH]c(C3CCCCO3)n2)C1. The summed E-state index contributed by atoms with van der Waals surface area (Å²) in [5.41, 5.74) is 0. The second-order valence-electron chi connectivity index (χ2n) is 5.89. The van der Waals surface area contributed by atoms with Crippen LogP contribution >= 0.6 is 0 Å². The van der Waals surface area contributed by atoms with Crippen molar-refractivity contribution in [2.75, 3.05) is 38.2 Å². The van der Waals surface area contributed by atoms with Crippen LogP contribution in [0.3, 0.4) is 0 Å². The van der Waals surface area contributed by atoms with E-state index < -0.39 is 0 Å². The smallest absolute Gasteiger partial charge is 0.244 e. The molecule has 2 unspecified atom stereocenters. The Morgan fingerprint density at radius 2 is 2.30 bits per heavy atom. The fraction of sp³-hybridized carbons (Fsp3) is 0.857. The van der Waals surface area contributed by atoms with Crippen LogP contribution in [0.1, 0.15) is 44.0 Å². The third kappa shape index (κ3) is 3.12. The number of nitrogens with zero attached hydrogens (tertiary/aromatic N) is 3. The molecule has 2 saturated heterocycles. The Kier molecular flexibility index (Phi) is 4.52. The molecule has 2 atom stereocenters. The lowest BCUT2D eigenvalue weighted by Gasteiger charge is -2.31. The molecule has 112 valence electrons. The minimum Gasteiger partial charge on any atom is -0.370 e. The zero-order chi connectivity index (χ0) is 13.8. The molecule has 1 aromatic heterocycles. The van der Waals surface area contributed by atoms with Gasteiger partial charge in [-0.15, -0.1) is 5.10 Å². The van der Waals surface area contributed by atoms with Gasteiger partial charge in [-0.3, -0.25) is 5.10 Å². The van der Waals surface area contributed by atoms with Crippen molar-refractivity contribution < 1.29 is 4.74 Å². The molecule has 0 aromatic carbocycles. The highest BCUT2D eigenvalue weighted by atomic mass is 16.5. The van der Waals surface area contributed by atoms with Crippen molar-refractivity contribution in [3.63, 3.8) is 0 Å². The lowest BCUT2D eigenvalue weighted by atomic mass is 9.98. The normalized spacial score (nSPS) is 27.8. The summed E-state index contributed by atoms with van der Waals surface area (Å²) in [7, 11) is 2.02. The summed E-state index contributed by atoms with van der Waals surface area (Å²) in [5.74, 6) is 2.44. The Morgan fingerprint density at radius 1 is 1.35 bits per heavy atom. The van der Waals surface area contributed by atoms with Gasteiger partial charge in [-0.2, -0.15) is 4.98 Å². The van der Waals surface area contributed by atoms with E-state index in [0.29, 0.717) is 5.92 Å². The zero-order valence-corrected chi connectivity index (χ0v) is 12.3. The topological polar surface area (TPSA) is 66.1 Å². The highest BCUT2D eigenvalue weighted by Crippen LogP contribution is 2.27. The first-order valence-electron chi connectivity index (χ1n) is 7.80. The molecule has 0 bridgehead atoms. The molecule has 0 saturated carbocycles. The van der Waals surface area contributed by atoms with E-state index >= 15 is 0 Å². The van der Waals surface area contributed by atoms with Gasteiger partial charge in [0.25, 0.3) is 0 Å². The number of hydrogen-bond donors (Lipinski definition) is 2. The van der Waals surface area contributed by atoms with Gasteiger partial charge >= 0.3 is 0 Å². The third-order valence-corrected chi connectivity index (χ3v) is 4.27. The summed E-state index contributed by atoms with van der Waals surface area (Å²) < 4.78 is 5.76. The minimum absolute atomic E-state index is 0.114. The maximum Gasteiger partial charge on any atom is 0.244 e. The van der Waals surface area contributed by atoms with Crippen LogP contribution in [0, 0.1) is 5.92 Å². The van der Waals surface area contributed by atoms with Crippen molar-refractivity contribution in [2.24, 2.45) is 5.92 Å². The molecular weight excluding hydrogens is 254 g/mol. The number of piperidine rings is 1. The predicted octanol–water partition coefficient (Wildman–Crippen LogP) is 1.48. The van der Waals surface area contributed by atoms with E-state index in [-0.39, 0.29) is 6.10 Å². The molecule has 20 heavy (non-hydrogen) atoms. The van der Waals surface area contributed by atoms with Crippen LogP contribution in [0.4, 0.5) is 5.95 Å². The molecule has 2 fully saturated rings. The maximum absolute atomic E-state index is 5.76. The fourth-order valence-corrected chi connectivity index (χ4v) is 3.21. The Morgan fingerprint density at radius 3 is 3.10 bits per heavy atom. The number of nitrogens with one attached hydrogen (secondary N) is 2. The molecule has 2 N–H and O–H groups in total. The van der Waals surface area contributed by atoms with E-state index in [4.69, 9.17) is 4.74 Å². The zero-order valence-electron chi connectivity index (χ0n) is 12.3. The number of rotatable bonds is 4. The monoisotopic (exact) mass is 279 g/mol. The number of hydrogen-bond acceptors (Lipinski definition) is 5. The van der Waals surface area contributed by atoms with Gasteiger partial charge in [0.2, 0.25) is 5.95 Å². The van der Waals surface area contributed by atoms with Crippen LogP contribution in [0.5, 0.6) is 0 Å². The summed E-state index contributed by atoms with van der Waals surface area (Å²) >= 11 is 0. The van der Waals surface area contributed by atoms with Crippen molar-refractivity contribution in [1.29, 1.82) is 0 Å². The van der Waals surface area contributed by atoms with Gasteiger partial charge in [-0.25, -0.2) is 0 Å². The Bertz CT molecular complexity index is 413. The second kappa shape index (κ2) is 6.54. The molecule has 6 heteroatoms. The molecule has 0 radical (unpaired) electrons. The Labute approximate surface area is 120 Å². The molecule has 6 nitrogen and oxygen atoms in total. The van der Waals surface area contributed by atoms with Crippen LogP contribution in [-0.2, 0) is 4.74 Å². The first kappa shape index (κ1) is 13.8. The summed E-state index contributed by atoms with van der Waals surface area (Å²) in [6.07, 6.45) is 6.06. The van der Waals surface area contributed by atoms with Crippen molar-refractivity contribution in [1.82, 2.24) is 20.5 Å². The molecule has 3 rings (SSSR count). The fourth-order valence-electron chi connectivity index (χ4n) is 3.21. The van der Waals surface area contributed by atoms with Gasteiger partial charge in [-0.1, -0.05) is 0 Å². The number of aromatic amines is 1. The van der Waals surface area contributed by atoms with Crippen LogP contribution in [0.15, 0.2) is 0 Å². The molecular formula is C14H25N5O. The van der Waals surface area contributed by atoms with Crippen molar-refractivity contribution in [2.45, 2.75) is 38.2 Å². The molecule has 0 aliphatic carbocycles. The minimum atomic E-state index is 0.114. The second-order valence-corrected chi connectivity index (χ2v) is 5.89. The van der Waals surface area contributed by atoms with E-state index in [9.17, 15) is 0 Å². The lowest BCUT2D eigenvalue weighted by molar-refractivity contribution is 0.00968. The van der Waals surface area contributed by atoms with Gasteiger partial charge in [0.15, 0.2) is 5.82 Å². The van der Waals surface area contributed by atoms with Gasteiger partial charge in [0.05, 0.1) is 0 Å². The van der Waals surface area contributed by atoms with Crippen LogP contribution in [0.25, 0.3) is 0 Å². The van der Waals surface area contributed by atoms with Crippen molar-refractivity contribution in [3.8, 4) is 0 Å². The molecule has 1 aromatic rings. The first-order valence-corrected chi connectivity index (χ1v) is 7.80. The highest BCUT2D eigenvalue weighted by molar-refractivity contribution is 5.30. The maximum atomic E-state index is 5.76. The number of anilines is 1. The standard InChI is InChI=1S/C14H25N5O/c1-15-9-11-5-4-7-19(10-11)14-16-13(17-18-14)12-6-2-3-8-20-12/h11-12,15H,2-10H2,1H3,(H,16,17,18). The first-order chi connectivity index (χ1) is 9.86. The summed E-state index contributed by atoms with van der Waals surface area (Å²) in [6.45, 7) is 4.01. The van der Waals surface area contributed by atoms with Crippen molar-refractivity contribution in [3.05, 3.63) is 5.82 Å². The highest BCUT2D eigenvalue weighted by Gasteiger charge is 2.25. The largest absolute Gasteiger partial charge is 0.370 e. The van der Waals surface area contributed by atoms with Gasteiger partial charge in [0.1, 0.15) is 6.10 Å².